The van der Waals surface area contributed by atoms with Crippen LogP contribution in [0.1, 0.15) is 19.8 Å². The zero-order valence-corrected chi connectivity index (χ0v) is 18.4. The van der Waals surface area contributed by atoms with E-state index in [1.807, 2.05) is 18.2 Å². The summed E-state index contributed by atoms with van der Waals surface area (Å²) in [7, 11) is 4.24. The van der Waals surface area contributed by atoms with Gasteiger partial charge in [0.1, 0.15) is 5.67 Å². The monoisotopic (exact) mass is 426 g/mol. The largest absolute Gasteiger partial charge is 0.346 e. The Morgan fingerprint density at radius 2 is 2.27 bits per heavy atom. The second-order valence-corrected chi connectivity index (χ2v) is 9.38. The van der Waals surface area contributed by atoms with Gasteiger partial charge in [-0.15, -0.1) is 0 Å². The van der Waals surface area contributed by atoms with Gasteiger partial charge in [-0.2, -0.15) is 0 Å². The summed E-state index contributed by atoms with van der Waals surface area (Å²) < 4.78 is 14.8. The van der Waals surface area contributed by atoms with Crippen molar-refractivity contribution in [3.8, 4) is 0 Å². The van der Waals surface area contributed by atoms with Crippen LogP contribution < -0.4 is 10.2 Å². The minimum Gasteiger partial charge on any atom is -0.346 e. The third-order valence-corrected chi connectivity index (χ3v) is 6.68. The summed E-state index contributed by atoms with van der Waals surface area (Å²) >= 11 is 1.66. The van der Waals surface area contributed by atoms with Gasteiger partial charge in [-0.05, 0) is 63.4 Å². The number of nitrogens with one attached hydrogen (secondary N) is 1. The molecule has 1 N–H and O–H groups in total. The van der Waals surface area contributed by atoms with Crippen molar-refractivity contribution < 1.29 is 9.18 Å². The highest BCUT2D eigenvalue weighted by Crippen LogP contribution is 2.33. The number of thiazole rings is 1. The minimum atomic E-state index is -1.30. The first-order chi connectivity index (χ1) is 14.3. The molecule has 158 valence electrons. The predicted octanol–water partition coefficient (Wildman–Crippen LogP) is 4.55. The fourth-order valence-corrected chi connectivity index (χ4v) is 4.71. The number of likely N-dealkylation sites (N-methyl/N-ethyl adjacent to an activating group) is 1. The Balaban J connectivity index is 1.40. The molecule has 0 saturated carbocycles. The van der Waals surface area contributed by atoms with Crippen molar-refractivity contribution >= 4 is 38.3 Å². The zero-order valence-electron chi connectivity index (χ0n) is 17.6. The number of aromatic nitrogens is 1. The third kappa shape index (κ3) is 4.79. The molecule has 0 radical (unpaired) electrons. The maximum atomic E-state index is 13.8. The van der Waals surface area contributed by atoms with Crippen LogP contribution in [-0.4, -0.2) is 54.7 Å². The van der Waals surface area contributed by atoms with E-state index >= 15 is 0 Å². The number of carbonyl (C=O) groups excluding carboxylic acids is 1. The Morgan fingerprint density at radius 1 is 1.43 bits per heavy atom. The zero-order chi connectivity index (χ0) is 21.3. The molecular formula is C23H27FN4OS. The Labute approximate surface area is 180 Å². The van der Waals surface area contributed by atoms with Crippen molar-refractivity contribution in [1.29, 1.82) is 0 Å². The van der Waals surface area contributed by atoms with Gasteiger partial charge < -0.3 is 15.1 Å². The summed E-state index contributed by atoms with van der Waals surface area (Å²) in [6.45, 7) is 3.55. The van der Waals surface area contributed by atoms with E-state index in [-0.39, 0.29) is 5.91 Å². The Bertz CT molecular complexity index is 1040. The molecule has 4 rings (SSSR count). The number of carbonyl (C=O) groups is 1. The standard InChI is InChI=1S/C23H27FN4OS/c1-23(24)11-8-16(9-12-23)4-7-21(29)25-17-5-6-19-20(14-17)30-22(26-19)28-13-10-18(15-28)27(2)3/h4-9,11,14,18H,10,12-13,15H2,1-3H3,(H,25,29)/b7-4+. The van der Waals surface area contributed by atoms with E-state index in [9.17, 15) is 9.18 Å². The van der Waals surface area contributed by atoms with Crippen LogP contribution in [0.25, 0.3) is 10.2 Å². The fourth-order valence-electron chi connectivity index (χ4n) is 3.67. The first kappa shape index (κ1) is 20.8. The number of rotatable bonds is 5. The number of benzene rings is 1. The number of halogens is 1. The summed E-state index contributed by atoms with van der Waals surface area (Å²) in [4.78, 5) is 21.7. The van der Waals surface area contributed by atoms with Crippen LogP contribution in [0.2, 0.25) is 0 Å². The highest BCUT2D eigenvalue weighted by Gasteiger charge is 2.26. The average Bonchev–Trinajstić information content (AvgIpc) is 3.34. The number of hydrogen-bond acceptors (Lipinski definition) is 5. The smallest absolute Gasteiger partial charge is 0.248 e. The molecule has 2 unspecified atom stereocenters. The van der Waals surface area contributed by atoms with Crippen molar-refractivity contribution in [3.05, 3.63) is 54.2 Å². The van der Waals surface area contributed by atoms with Gasteiger partial charge in [-0.25, -0.2) is 9.37 Å². The number of alkyl halides is 1. The summed E-state index contributed by atoms with van der Waals surface area (Å²) in [6, 6.07) is 6.35. The molecule has 1 aromatic heterocycles. The molecule has 0 bridgehead atoms. The molecule has 2 atom stereocenters. The molecule has 5 nitrogen and oxygen atoms in total. The van der Waals surface area contributed by atoms with E-state index in [2.05, 4.69) is 29.2 Å². The predicted molar refractivity (Wildman–Crippen MR) is 123 cm³/mol. The van der Waals surface area contributed by atoms with Crippen molar-refractivity contribution in [3.63, 3.8) is 0 Å². The van der Waals surface area contributed by atoms with Crippen LogP contribution in [0.4, 0.5) is 15.2 Å². The van der Waals surface area contributed by atoms with Crippen molar-refractivity contribution in [2.75, 3.05) is 37.4 Å². The van der Waals surface area contributed by atoms with Crippen LogP contribution >= 0.6 is 11.3 Å². The van der Waals surface area contributed by atoms with E-state index in [4.69, 9.17) is 4.98 Å². The van der Waals surface area contributed by atoms with E-state index in [1.165, 1.54) is 12.2 Å². The normalized spacial score (nSPS) is 24.2. The molecule has 1 aliphatic carbocycles. The van der Waals surface area contributed by atoms with Crippen LogP contribution in [0.15, 0.2) is 54.2 Å². The highest BCUT2D eigenvalue weighted by atomic mass is 32.1. The summed E-state index contributed by atoms with van der Waals surface area (Å²) in [5.41, 5.74) is 1.22. The van der Waals surface area contributed by atoms with E-state index in [1.54, 1.807) is 36.5 Å². The molecule has 0 spiro atoms. The van der Waals surface area contributed by atoms with Gasteiger partial charge in [0.15, 0.2) is 5.13 Å². The summed E-state index contributed by atoms with van der Waals surface area (Å²) in [5, 5.41) is 3.93. The Kier molecular flexibility index (Phi) is 5.75. The van der Waals surface area contributed by atoms with Gasteiger partial charge in [0.05, 0.1) is 10.2 Å². The summed E-state index contributed by atoms with van der Waals surface area (Å²) in [5.74, 6) is -0.213. The quantitative estimate of drug-likeness (QED) is 0.713. The lowest BCUT2D eigenvalue weighted by molar-refractivity contribution is -0.111. The lowest BCUT2D eigenvalue weighted by Gasteiger charge is -2.19. The topological polar surface area (TPSA) is 48.5 Å². The van der Waals surface area contributed by atoms with Gasteiger partial charge in [-0.1, -0.05) is 23.5 Å². The van der Waals surface area contributed by atoms with Gasteiger partial charge in [0.2, 0.25) is 5.91 Å². The Hall–Kier alpha value is -2.51. The van der Waals surface area contributed by atoms with Gasteiger partial charge in [0.25, 0.3) is 0 Å². The third-order valence-electron chi connectivity index (χ3n) is 5.60. The van der Waals surface area contributed by atoms with E-state index in [0.29, 0.717) is 12.5 Å². The molecule has 30 heavy (non-hydrogen) atoms. The molecule has 2 aliphatic rings. The molecule has 1 saturated heterocycles. The number of anilines is 2. The van der Waals surface area contributed by atoms with Crippen LogP contribution in [-0.2, 0) is 4.79 Å². The van der Waals surface area contributed by atoms with Gasteiger partial charge in [0, 0.05) is 37.3 Å². The molecule has 1 fully saturated rings. The summed E-state index contributed by atoms with van der Waals surface area (Å²) in [6.07, 6.45) is 9.68. The number of allylic oxidation sites excluding steroid dienone is 5. The Morgan fingerprint density at radius 3 is 2.97 bits per heavy atom. The number of nitrogens with zero attached hydrogens (tertiary/aromatic N) is 3. The van der Waals surface area contributed by atoms with Crippen LogP contribution in [0, 0.1) is 0 Å². The van der Waals surface area contributed by atoms with Crippen molar-refractivity contribution in [2.45, 2.75) is 31.5 Å². The van der Waals surface area contributed by atoms with E-state index < -0.39 is 5.67 Å². The number of fused-ring (bicyclic) bond motifs is 1. The first-order valence-corrected chi connectivity index (χ1v) is 11.0. The molecule has 2 heterocycles. The van der Waals surface area contributed by atoms with Gasteiger partial charge in [-0.3, -0.25) is 4.79 Å². The minimum absolute atomic E-state index is 0.213. The molecule has 2 aromatic rings. The fraction of sp³-hybridized carbons (Fsp3) is 0.391. The second-order valence-electron chi connectivity index (χ2n) is 8.37. The lowest BCUT2D eigenvalue weighted by atomic mass is 9.95. The van der Waals surface area contributed by atoms with Crippen LogP contribution in [0.3, 0.4) is 0 Å². The first-order valence-electron chi connectivity index (χ1n) is 10.2. The number of hydrogen-bond donors (Lipinski definition) is 1. The average molecular weight is 427 g/mol. The lowest BCUT2D eigenvalue weighted by Crippen LogP contribution is -2.31. The number of amides is 1. The van der Waals surface area contributed by atoms with Gasteiger partial charge >= 0.3 is 0 Å². The molecule has 1 aromatic carbocycles. The second kappa shape index (κ2) is 8.32. The maximum absolute atomic E-state index is 13.8. The van der Waals surface area contributed by atoms with E-state index in [0.717, 1.165) is 46.1 Å². The molecule has 1 amide bonds. The highest BCUT2D eigenvalue weighted by molar-refractivity contribution is 7.22. The van der Waals surface area contributed by atoms with Crippen LogP contribution in [0.5, 0.6) is 0 Å². The van der Waals surface area contributed by atoms with Crippen molar-refractivity contribution in [1.82, 2.24) is 9.88 Å². The molecule has 1 aliphatic heterocycles. The molecular weight excluding hydrogens is 399 g/mol. The molecule has 7 heteroatoms. The SMILES string of the molecule is CN(C)C1CCN(c2nc3ccc(NC(=O)/C=C/C4=CCC(C)(F)C=C4)cc3s2)C1. The van der Waals surface area contributed by atoms with Crippen molar-refractivity contribution in [2.24, 2.45) is 0 Å². The maximum Gasteiger partial charge on any atom is 0.248 e.